The number of nitrogens with one attached hydrogen (secondary N) is 1. The van der Waals surface area contributed by atoms with Gasteiger partial charge in [0.2, 0.25) is 0 Å². The quantitative estimate of drug-likeness (QED) is 0.900. The molecular formula is C16H16ClNO3S. The summed E-state index contributed by atoms with van der Waals surface area (Å²) in [5.74, 6) is 1.26. The fraction of sp³-hybridized carbons (Fsp3) is 0.312. The number of benzene rings is 1. The first kappa shape index (κ1) is 15.2. The van der Waals surface area contributed by atoms with E-state index in [9.17, 15) is 4.79 Å². The molecule has 0 aliphatic carbocycles. The predicted molar refractivity (Wildman–Crippen MR) is 88.7 cm³/mol. The fourth-order valence-corrected chi connectivity index (χ4v) is 3.37. The highest BCUT2D eigenvalue weighted by Crippen LogP contribution is 2.38. The van der Waals surface area contributed by atoms with Crippen LogP contribution in [0.15, 0.2) is 24.3 Å². The maximum atomic E-state index is 12.3. The molecule has 1 aromatic heterocycles. The zero-order valence-electron chi connectivity index (χ0n) is 12.3. The van der Waals surface area contributed by atoms with E-state index in [-0.39, 0.29) is 12.0 Å². The van der Waals surface area contributed by atoms with Crippen LogP contribution in [0.5, 0.6) is 11.5 Å². The molecule has 1 aliphatic heterocycles. The van der Waals surface area contributed by atoms with Crippen molar-refractivity contribution in [3.63, 3.8) is 0 Å². The van der Waals surface area contributed by atoms with E-state index in [4.69, 9.17) is 21.1 Å². The smallest absolute Gasteiger partial charge is 0.265 e. The number of carbonyl (C=O) groups is 1. The molecule has 2 aromatic rings. The van der Waals surface area contributed by atoms with Crippen LogP contribution in [0, 0.1) is 0 Å². The van der Waals surface area contributed by atoms with E-state index in [1.165, 1.54) is 11.3 Å². The van der Waals surface area contributed by atoms with Gasteiger partial charge < -0.3 is 14.8 Å². The molecule has 0 saturated carbocycles. The number of carbonyl (C=O) groups excluding carboxylic acids is 1. The van der Waals surface area contributed by atoms with Crippen LogP contribution in [0.4, 0.5) is 5.69 Å². The minimum Gasteiger partial charge on any atom is -0.492 e. The Kier molecular flexibility index (Phi) is 4.27. The van der Waals surface area contributed by atoms with Gasteiger partial charge in [-0.15, -0.1) is 11.3 Å². The van der Waals surface area contributed by atoms with Gasteiger partial charge >= 0.3 is 0 Å². The molecule has 0 bridgehead atoms. The molecule has 1 aromatic carbocycles. The molecule has 0 saturated heterocycles. The lowest BCUT2D eigenvalue weighted by Gasteiger charge is -2.13. The second-order valence-electron chi connectivity index (χ2n) is 5.08. The third-order valence-electron chi connectivity index (χ3n) is 3.34. The van der Waals surface area contributed by atoms with Crippen LogP contribution in [0.2, 0.25) is 4.34 Å². The molecule has 1 N–H and O–H groups in total. The summed E-state index contributed by atoms with van der Waals surface area (Å²) in [6.07, 6.45) is 0.996. The Morgan fingerprint density at radius 2 is 2.32 bits per heavy atom. The lowest BCUT2D eigenvalue weighted by atomic mass is 10.1. The van der Waals surface area contributed by atoms with Gasteiger partial charge in [-0.1, -0.05) is 11.6 Å². The lowest BCUT2D eigenvalue weighted by Crippen LogP contribution is -2.11. The minimum atomic E-state index is -0.205. The van der Waals surface area contributed by atoms with Crippen molar-refractivity contribution in [3.05, 3.63) is 39.0 Å². The summed E-state index contributed by atoms with van der Waals surface area (Å²) in [4.78, 5) is 12.9. The van der Waals surface area contributed by atoms with E-state index in [0.29, 0.717) is 27.3 Å². The number of fused-ring (bicyclic) bond motifs is 1. The standard InChI is InChI=1S/C16H16ClNO3S/c1-3-20-13-7-10-6-9(2)21-12(10)8-11(13)18-16(19)14-4-5-15(17)22-14/h4-5,7-9H,3,6H2,1-2H3,(H,18,19). The maximum absolute atomic E-state index is 12.3. The van der Waals surface area contributed by atoms with Gasteiger partial charge in [0.05, 0.1) is 21.5 Å². The van der Waals surface area contributed by atoms with Gasteiger partial charge in [-0.3, -0.25) is 4.79 Å². The zero-order chi connectivity index (χ0) is 15.7. The van der Waals surface area contributed by atoms with Gasteiger partial charge in [0.15, 0.2) is 0 Å². The third kappa shape index (κ3) is 3.05. The Balaban J connectivity index is 1.89. The average molecular weight is 338 g/mol. The molecule has 1 atom stereocenters. The van der Waals surface area contributed by atoms with Gasteiger partial charge in [0, 0.05) is 18.1 Å². The summed E-state index contributed by atoms with van der Waals surface area (Å²) < 4.78 is 12.0. The second-order valence-corrected chi connectivity index (χ2v) is 6.79. The van der Waals surface area contributed by atoms with E-state index in [2.05, 4.69) is 5.32 Å². The summed E-state index contributed by atoms with van der Waals surface area (Å²) in [6, 6.07) is 7.18. The molecule has 0 spiro atoms. The van der Waals surface area contributed by atoms with Gasteiger partial charge in [-0.2, -0.15) is 0 Å². The number of amides is 1. The summed E-state index contributed by atoms with van der Waals surface area (Å²) >= 11 is 7.12. The van der Waals surface area contributed by atoms with Gasteiger partial charge in [0.1, 0.15) is 17.6 Å². The van der Waals surface area contributed by atoms with E-state index < -0.39 is 0 Å². The Morgan fingerprint density at radius 1 is 1.50 bits per heavy atom. The van der Waals surface area contributed by atoms with Gasteiger partial charge in [-0.05, 0) is 32.0 Å². The number of hydrogen-bond acceptors (Lipinski definition) is 4. The summed E-state index contributed by atoms with van der Waals surface area (Å²) in [6.45, 7) is 4.46. The summed E-state index contributed by atoms with van der Waals surface area (Å²) in [5.41, 5.74) is 1.72. The highest BCUT2D eigenvalue weighted by atomic mass is 35.5. The van der Waals surface area contributed by atoms with Crippen molar-refractivity contribution < 1.29 is 14.3 Å². The van der Waals surface area contributed by atoms with Crippen molar-refractivity contribution in [1.82, 2.24) is 0 Å². The fourth-order valence-electron chi connectivity index (χ4n) is 2.43. The summed E-state index contributed by atoms with van der Waals surface area (Å²) in [7, 11) is 0. The van der Waals surface area contributed by atoms with Crippen LogP contribution in [0.3, 0.4) is 0 Å². The van der Waals surface area contributed by atoms with Gasteiger partial charge in [-0.25, -0.2) is 0 Å². The first-order chi connectivity index (χ1) is 10.6. The first-order valence-electron chi connectivity index (χ1n) is 7.10. The zero-order valence-corrected chi connectivity index (χ0v) is 13.9. The van der Waals surface area contributed by atoms with Crippen molar-refractivity contribution in [2.75, 3.05) is 11.9 Å². The Bertz CT molecular complexity index is 713. The van der Waals surface area contributed by atoms with Crippen LogP contribution in [-0.2, 0) is 6.42 Å². The molecule has 6 heteroatoms. The van der Waals surface area contributed by atoms with Crippen LogP contribution in [-0.4, -0.2) is 18.6 Å². The molecule has 22 heavy (non-hydrogen) atoms. The molecular weight excluding hydrogens is 322 g/mol. The van der Waals surface area contributed by atoms with Crippen LogP contribution in [0.1, 0.15) is 29.1 Å². The van der Waals surface area contributed by atoms with E-state index in [0.717, 1.165) is 17.7 Å². The number of hydrogen-bond donors (Lipinski definition) is 1. The molecule has 1 amide bonds. The molecule has 0 radical (unpaired) electrons. The highest BCUT2D eigenvalue weighted by molar-refractivity contribution is 7.18. The minimum absolute atomic E-state index is 0.145. The van der Waals surface area contributed by atoms with Crippen LogP contribution < -0.4 is 14.8 Å². The highest BCUT2D eigenvalue weighted by Gasteiger charge is 2.23. The third-order valence-corrected chi connectivity index (χ3v) is 4.57. The van der Waals surface area contributed by atoms with Crippen molar-refractivity contribution in [1.29, 1.82) is 0 Å². The SMILES string of the molecule is CCOc1cc2c(cc1NC(=O)c1ccc(Cl)s1)OC(C)C2. The molecule has 3 rings (SSSR count). The number of thiophene rings is 1. The Hall–Kier alpha value is -1.72. The Morgan fingerprint density at radius 3 is 3.00 bits per heavy atom. The van der Waals surface area contributed by atoms with Crippen molar-refractivity contribution in [3.8, 4) is 11.5 Å². The predicted octanol–water partition coefficient (Wildman–Crippen LogP) is 4.38. The molecule has 4 nitrogen and oxygen atoms in total. The number of rotatable bonds is 4. The first-order valence-corrected chi connectivity index (χ1v) is 8.29. The Labute approximate surface area is 138 Å². The van der Waals surface area contributed by atoms with Crippen molar-refractivity contribution in [2.45, 2.75) is 26.4 Å². The van der Waals surface area contributed by atoms with Gasteiger partial charge in [0.25, 0.3) is 5.91 Å². The number of anilines is 1. The second kappa shape index (κ2) is 6.18. The van der Waals surface area contributed by atoms with Crippen molar-refractivity contribution >= 4 is 34.5 Å². The molecule has 1 unspecified atom stereocenters. The van der Waals surface area contributed by atoms with E-state index in [1.54, 1.807) is 12.1 Å². The average Bonchev–Trinajstić information content (AvgIpc) is 3.04. The monoisotopic (exact) mass is 337 g/mol. The molecule has 0 fully saturated rings. The lowest BCUT2D eigenvalue weighted by molar-refractivity contribution is 0.103. The van der Waals surface area contributed by atoms with Crippen LogP contribution >= 0.6 is 22.9 Å². The number of ether oxygens (including phenoxy) is 2. The van der Waals surface area contributed by atoms with E-state index in [1.807, 2.05) is 26.0 Å². The van der Waals surface area contributed by atoms with Crippen LogP contribution in [0.25, 0.3) is 0 Å². The molecule has 1 aliphatic rings. The number of halogens is 1. The molecule has 116 valence electrons. The largest absolute Gasteiger partial charge is 0.492 e. The topological polar surface area (TPSA) is 47.6 Å². The van der Waals surface area contributed by atoms with E-state index >= 15 is 0 Å². The summed E-state index contributed by atoms with van der Waals surface area (Å²) in [5, 5.41) is 2.88. The molecule has 2 heterocycles. The van der Waals surface area contributed by atoms with Crippen molar-refractivity contribution in [2.24, 2.45) is 0 Å². The normalized spacial score (nSPS) is 16.0. The maximum Gasteiger partial charge on any atom is 0.265 e.